The number of nitrogens with zero attached hydrogens (tertiary/aromatic N) is 5. The summed E-state index contributed by atoms with van der Waals surface area (Å²) in [7, 11) is 0. The van der Waals surface area contributed by atoms with Gasteiger partial charge in [0.15, 0.2) is 5.82 Å². The zero-order chi connectivity index (χ0) is 17.8. The highest BCUT2D eigenvalue weighted by Crippen LogP contribution is 2.39. The van der Waals surface area contributed by atoms with Crippen molar-refractivity contribution in [2.75, 3.05) is 11.9 Å². The van der Waals surface area contributed by atoms with Crippen LogP contribution in [-0.2, 0) is 12.8 Å². The van der Waals surface area contributed by atoms with Gasteiger partial charge in [-0.05, 0) is 44.1 Å². The average Bonchev–Trinajstić information content (AvgIpc) is 3.07. The molecule has 0 saturated carbocycles. The zero-order valence-corrected chi connectivity index (χ0v) is 15.3. The van der Waals surface area contributed by atoms with E-state index in [1.165, 1.54) is 28.7 Å². The summed E-state index contributed by atoms with van der Waals surface area (Å²) in [5, 5.41) is 13.4. The van der Waals surface area contributed by atoms with E-state index >= 15 is 0 Å². The van der Waals surface area contributed by atoms with Crippen LogP contribution in [0, 0.1) is 11.3 Å². The fourth-order valence-corrected chi connectivity index (χ4v) is 4.61. The van der Waals surface area contributed by atoms with Crippen molar-refractivity contribution in [2.45, 2.75) is 44.9 Å². The zero-order valence-electron chi connectivity index (χ0n) is 14.5. The Morgan fingerprint density at radius 3 is 2.92 bits per heavy atom. The van der Waals surface area contributed by atoms with Crippen molar-refractivity contribution in [1.82, 2.24) is 19.9 Å². The Hall–Kier alpha value is -2.59. The van der Waals surface area contributed by atoms with Crippen LogP contribution in [0.4, 0.5) is 5.82 Å². The van der Waals surface area contributed by atoms with Crippen LogP contribution in [-0.4, -0.2) is 26.5 Å². The second kappa shape index (κ2) is 7.75. The third kappa shape index (κ3) is 3.37. The summed E-state index contributed by atoms with van der Waals surface area (Å²) in [5.74, 6) is 1.51. The molecule has 6 nitrogen and oxygen atoms in total. The van der Waals surface area contributed by atoms with Crippen LogP contribution in [0.3, 0.4) is 0 Å². The number of aromatic nitrogens is 4. The standard InChI is InChI=1S/C19H20N6S/c20-8-4-1-5-9-23-18-16-13-6-2-3-7-15(13)26-19(16)25-17(24-18)14-12-21-10-11-22-14/h10-12H,1-7,9H2,(H,23,24,25). The molecule has 3 aromatic rings. The van der Waals surface area contributed by atoms with Crippen LogP contribution in [0.25, 0.3) is 21.7 Å². The van der Waals surface area contributed by atoms with Crippen molar-refractivity contribution in [3.05, 3.63) is 29.0 Å². The molecular formula is C19H20N6S. The van der Waals surface area contributed by atoms with E-state index in [0.29, 0.717) is 17.9 Å². The van der Waals surface area contributed by atoms with E-state index in [1.807, 2.05) is 0 Å². The number of hydrogen-bond donors (Lipinski definition) is 1. The lowest BCUT2D eigenvalue weighted by molar-refractivity contribution is 0.700. The molecular weight excluding hydrogens is 344 g/mol. The quantitative estimate of drug-likeness (QED) is 0.662. The molecule has 4 rings (SSSR count). The summed E-state index contributed by atoms with van der Waals surface area (Å²) in [5.41, 5.74) is 2.11. The van der Waals surface area contributed by atoms with E-state index in [4.69, 9.17) is 15.2 Å². The van der Waals surface area contributed by atoms with Crippen LogP contribution >= 0.6 is 11.3 Å². The van der Waals surface area contributed by atoms with E-state index in [9.17, 15) is 0 Å². The minimum Gasteiger partial charge on any atom is -0.369 e. The van der Waals surface area contributed by atoms with Crippen molar-refractivity contribution >= 4 is 27.4 Å². The normalized spacial score (nSPS) is 13.3. The summed E-state index contributed by atoms with van der Waals surface area (Å²) in [6.45, 7) is 0.804. The first-order valence-electron chi connectivity index (χ1n) is 9.06. The molecule has 0 amide bonds. The van der Waals surface area contributed by atoms with Gasteiger partial charge in [-0.25, -0.2) is 15.0 Å². The third-order valence-corrected chi connectivity index (χ3v) is 5.80. The summed E-state index contributed by atoms with van der Waals surface area (Å²) < 4.78 is 0. The van der Waals surface area contributed by atoms with Crippen LogP contribution < -0.4 is 5.32 Å². The fourth-order valence-electron chi connectivity index (χ4n) is 3.35. The van der Waals surface area contributed by atoms with Crippen molar-refractivity contribution in [3.8, 4) is 17.6 Å². The Morgan fingerprint density at radius 1 is 1.15 bits per heavy atom. The molecule has 0 spiro atoms. The lowest BCUT2D eigenvalue weighted by Crippen LogP contribution is -2.07. The molecule has 0 aliphatic heterocycles. The largest absolute Gasteiger partial charge is 0.369 e. The van der Waals surface area contributed by atoms with Crippen molar-refractivity contribution in [1.29, 1.82) is 5.26 Å². The highest BCUT2D eigenvalue weighted by atomic mass is 32.1. The monoisotopic (exact) mass is 364 g/mol. The molecule has 1 aliphatic rings. The molecule has 0 saturated heterocycles. The summed E-state index contributed by atoms with van der Waals surface area (Å²) in [6.07, 6.45) is 12.2. The van der Waals surface area contributed by atoms with Gasteiger partial charge < -0.3 is 5.32 Å². The summed E-state index contributed by atoms with van der Waals surface area (Å²) >= 11 is 1.79. The maximum absolute atomic E-state index is 8.69. The molecule has 0 bridgehead atoms. The average molecular weight is 364 g/mol. The Morgan fingerprint density at radius 2 is 2.08 bits per heavy atom. The molecule has 0 fully saturated rings. The van der Waals surface area contributed by atoms with Gasteiger partial charge in [-0.1, -0.05) is 0 Å². The predicted octanol–water partition coefficient (Wildman–Crippen LogP) is 4.13. The molecule has 1 aliphatic carbocycles. The number of unbranched alkanes of at least 4 members (excludes halogenated alkanes) is 2. The lowest BCUT2D eigenvalue weighted by atomic mass is 9.97. The van der Waals surface area contributed by atoms with Gasteiger partial charge in [0.1, 0.15) is 16.3 Å². The number of hydrogen-bond acceptors (Lipinski definition) is 7. The fraction of sp³-hybridized carbons (Fsp3) is 0.421. The van der Waals surface area contributed by atoms with E-state index in [-0.39, 0.29) is 0 Å². The number of thiophene rings is 1. The van der Waals surface area contributed by atoms with Gasteiger partial charge in [-0.3, -0.25) is 4.98 Å². The molecule has 0 atom stereocenters. The van der Waals surface area contributed by atoms with Crippen LogP contribution in [0.5, 0.6) is 0 Å². The van der Waals surface area contributed by atoms with Crippen molar-refractivity contribution in [3.63, 3.8) is 0 Å². The highest BCUT2D eigenvalue weighted by Gasteiger charge is 2.21. The molecule has 132 valence electrons. The maximum Gasteiger partial charge on any atom is 0.183 e. The van der Waals surface area contributed by atoms with Gasteiger partial charge in [0, 0.05) is 30.2 Å². The number of nitriles is 1. The van der Waals surface area contributed by atoms with Crippen LogP contribution in [0.15, 0.2) is 18.6 Å². The van der Waals surface area contributed by atoms with E-state index < -0.39 is 0 Å². The van der Waals surface area contributed by atoms with Crippen molar-refractivity contribution < 1.29 is 0 Å². The second-order valence-electron chi connectivity index (χ2n) is 6.42. The van der Waals surface area contributed by atoms with E-state index in [2.05, 4.69) is 21.4 Å². The third-order valence-electron chi connectivity index (χ3n) is 4.61. The number of aryl methyl sites for hydroxylation is 2. The maximum atomic E-state index is 8.69. The molecule has 7 heteroatoms. The minimum absolute atomic E-state index is 0.597. The SMILES string of the molecule is N#CCCCCNc1nc(-c2cnccn2)nc2sc3c(c12)CCCC3. The number of fused-ring (bicyclic) bond motifs is 3. The topological polar surface area (TPSA) is 87.4 Å². The Labute approximate surface area is 156 Å². The van der Waals surface area contributed by atoms with Gasteiger partial charge in [-0.2, -0.15) is 5.26 Å². The first-order valence-corrected chi connectivity index (χ1v) is 9.88. The Bertz CT molecular complexity index is 944. The number of nitrogens with one attached hydrogen (secondary N) is 1. The van der Waals surface area contributed by atoms with Crippen molar-refractivity contribution in [2.24, 2.45) is 0 Å². The lowest BCUT2D eigenvalue weighted by Gasteiger charge is -2.13. The predicted molar refractivity (Wildman–Crippen MR) is 103 cm³/mol. The molecule has 0 aromatic carbocycles. The Kier molecular flexibility index (Phi) is 5.02. The molecule has 3 heterocycles. The van der Waals surface area contributed by atoms with Gasteiger partial charge in [-0.15, -0.1) is 11.3 Å². The molecule has 26 heavy (non-hydrogen) atoms. The summed E-state index contributed by atoms with van der Waals surface area (Å²) in [4.78, 5) is 20.6. The number of anilines is 1. The molecule has 1 N–H and O–H groups in total. The number of rotatable bonds is 6. The van der Waals surface area contributed by atoms with Gasteiger partial charge in [0.25, 0.3) is 0 Å². The first-order chi connectivity index (χ1) is 12.9. The van der Waals surface area contributed by atoms with E-state index in [1.54, 1.807) is 29.9 Å². The second-order valence-corrected chi connectivity index (χ2v) is 7.50. The van der Waals surface area contributed by atoms with Gasteiger partial charge >= 0.3 is 0 Å². The first kappa shape index (κ1) is 16.9. The molecule has 0 radical (unpaired) electrons. The Balaban J connectivity index is 1.73. The molecule has 0 unspecified atom stereocenters. The smallest absolute Gasteiger partial charge is 0.183 e. The molecule has 3 aromatic heterocycles. The van der Waals surface area contributed by atoms with E-state index in [0.717, 1.165) is 42.9 Å². The van der Waals surface area contributed by atoms with Crippen LogP contribution in [0.2, 0.25) is 0 Å². The summed E-state index contributed by atoms with van der Waals surface area (Å²) in [6, 6.07) is 2.20. The minimum atomic E-state index is 0.597. The highest BCUT2D eigenvalue weighted by molar-refractivity contribution is 7.19. The van der Waals surface area contributed by atoms with Crippen LogP contribution in [0.1, 0.15) is 42.5 Å². The van der Waals surface area contributed by atoms with Gasteiger partial charge in [0.05, 0.1) is 17.7 Å². The van der Waals surface area contributed by atoms with Gasteiger partial charge in [0.2, 0.25) is 0 Å².